The second-order valence-corrected chi connectivity index (χ2v) is 6.99. The summed E-state index contributed by atoms with van der Waals surface area (Å²) in [4.78, 5) is 2.24. The van der Waals surface area contributed by atoms with E-state index in [0.717, 1.165) is 4.88 Å². The van der Waals surface area contributed by atoms with E-state index in [1.807, 2.05) is 38.1 Å². The van der Waals surface area contributed by atoms with Crippen LogP contribution in [0, 0.1) is 5.92 Å². The van der Waals surface area contributed by atoms with Crippen molar-refractivity contribution in [2.75, 3.05) is 5.75 Å². The summed E-state index contributed by atoms with van der Waals surface area (Å²) >= 11 is 0.553. The predicted molar refractivity (Wildman–Crippen MR) is 85.2 cm³/mol. The molecule has 0 saturated carbocycles. The molecule has 1 unspecified atom stereocenters. The molecule has 2 nitrogen and oxygen atoms in total. The van der Waals surface area contributed by atoms with Gasteiger partial charge < -0.3 is 4.55 Å². The molecule has 1 atom stereocenters. The molecule has 0 amide bonds. The fraction of sp³-hybridized carbons (Fsp3) is 0.267. The van der Waals surface area contributed by atoms with Crippen LogP contribution in [0.1, 0.15) is 18.7 Å². The van der Waals surface area contributed by atoms with E-state index in [-0.39, 0.29) is 0 Å². The van der Waals surface area contributed by atoms with Crippen LogP contribution in [0.3, 0.4) is 0 Å². The van der Waals surface area contributed by atoms with Crippen molar-refractivity contribution in [3.05, 3.63) is 47.3 Å². The molecule has 2 aromatic rings. The third-order valence-electron chi connectivity index (χ3n) is 2.46. The van der Waals surface area contributed by atoms with E-state index in [4.69, 9.17) is 0 Å². The third-order valence-corrected chi connectivity index (χ3v) is 4.82. The molecular formula is C15H17NOS2. The van der Waals surface area contributed by atoms with Gasteiger partial charge in [0.2, 0.25) is 0 Å². The van der Waals surface area contributed by atoms with Gasteiger partial charge in [-0.3, -0.25) is 0 Å². The van der Waals surface area contributed by atoms with Crippen LogP contribution in [-0.2, 0) is 11.4 Å². The molecule has 0 fully saturated rings. The van der Waals surface area contributed by atoms with Crippen LogP contribution in [0.5, 0.6) is 0 Å². The standard InChI is InChI=1S/C15H17NOS2/c1-12(2)11-19(17)16-10-14-8-9-15(18-14)13-6-4-3-5-7-13/h3-10,12H,11H2,1-2H3/b16-10-. The van der Waals surface area contributed by atoms with Crippen LogP contribution in [0.2, 0.25) is 0 Å². The Morgan fingerprint density at radius 2 is 1.95 bits per heavy atom. The minimum Gasteiger partial charge on any atom is -0.591 e. The summed E-state index contributed by atoms with van der Waals surface area (Å²) in [7, 11) is 0. The Morgan fingerprint density at radius 3 is 2.63 bits per heavy atom. The summed E-state index contributed by atoms with van der Waals surface area (Å²) in [5.41, 5.74) is 1.20. The van der Waals surface area contributed by atoms with E-state index in [9.17, 15) is 4.55 Å². The number of hydrogen-bond donors (Lipinski definition) is 0. The highest BCUT2D eigenvalue weighted by molar-refractivity contribution is 7.90. The van der Waals surface area contributed by atoms with Crippen LogP contribution in [0.4, 0.5) is 0 Å². The smallest absolute Gasteiger partial charge is 0.135 e. The van der Waals surface area contributed by atoms with Gasteiger partial charge in [-0.1, -0.05) is 48.6 Å². The van der Waals surface area contributed by atoms with Gasteiger partial charge in [-0.05, 0) is 17.7 Å². The molecule has 0 N–H and O–H groups in total. The fourth-order valence-electron chi connectivity index (χ4n) is 1.62. The molecule has 0 radical (unpaired) electrons. The van der Waals surface area contributed by atoms with Crippen LogP contribution < -0.4 is 0 Å². The Balaban J connectivity index is 2.04. The fourth-order valence-corrected chi connectivity index (χ4v) is 3.46. The van der Waals surface area contributed by atoms with Crippen molar-refractivity contribution in [3.63, 3.8) is 0 Å². The minimum absolute atomic E-state index is 0.404. The molecule has 1 aromatic carbocycles. The topological polar surface area (TPSA) is 35.4 Å². The summed E-state index contributed by atoms with van der Waals surface area (Å²) in [6.07, 6.45) is 1.72. The second-order valence-electron chi connectivity index (χ2n) is 4.68. The van der Waals surface area contributed by atoms with E-state index in [1.165, 1.54) is 10.4 Å². The minimum atomic E-state index is -1.11. The molecular weight excluding hydrogens is 274 g/mol. The molecule has 0 bridgehead atoms. The molecule has 4 heteroatoms. The summed E-state index contributed by atoms with van der Waals surface area (Å²) in [5.74, 6) is 1.02. The lowest BCUT2D eigenvalue weighted by Crippen LogP contribution is -2.08. The lowest BCUT2D eigenvalue weighted by atomic mass is 10.2. The van der Waals surface area contributed by atoms with Gasteiger partial charge in [0.25, 0.3) is 0 Å². The highest BCUT2D eigenvalue weighted by Crippen LogP contribution is 2.26. The summed E-state index contributed by atoms with van der Waals surface area (Å²) in [5, 5.41) is 0. The number of nitrogens with zero attached hydrogens (tertiary/aromatic N) is 1. The SMILES string of the molecule is CC(C)C[S+]([O-])/N=C\c1ccc(-c2ccccc2)s1. The van der Waals surface area contributed by atoms with Gasteiger partial charge in [0, 0.05) is 10.8 Å². The molecule has 0 saturated heterocycles. The Hall–Kier alpha value is -1.10. The van der Waals surface area contributed by atoms with Crippen LogP contribution >= 0.6 is 11.3 Å². The van der Waals surface area contributed by atoms with Crippen molar-refractivity contribution < 1.29 is 4.55 Å². The molecule has 2 rings (SSSR count). The largest absolute Gasteiger partial charge is 0.591 e. The van der Waals surface area contributed by atoms with Crippen molar-refractivity contribution >= 4 is 28.9 Å². The number of rotatable bonds is 5. The molecule has 1 heterocycles. The maximum Gasteiger partial charge on any atom is 0.135 e. The Kier molecular flexibility index (Phi) is 5.19. The van der Waals surface area contributed by atoms with Crippen LogP contribution in [0.15, 0.2) is 46.9 Å². The van der Waals surface area contributed by atoms with E-state index >= 15 is 0 Å². The highest BCUT2D eigenvalue weighted by Gasteiger charge is 2.07. The van der Waals surface area contributed by atoms with Gasteiger partial charge in [0.1, 0.15) is 5.75 Å². The van der Waals surface area contributed by atoms with Crippen LogP contribution in [0.25, 0.3) is 10.4 Å². The predicted octanol–water partition coefficient (Wildman–Crippen LogP) is 4.15. The number of hydrogen-bond acceptors (Lipinski definition) is 3. The zero-order chi connectivity index (χ0) is 13.7. The van der Waals surface area contributed by atoms with Gasteiger partial charge in [-0.25, -0.2) is 0 Å². The van der Waals surface area contributed by atoms with Crippen molar-refractivity contribution in [2.45, 2.75) is 13.8 Å². The average Bonchev–Trinajstić information content (AvgIpc) is 2.85. The maximum absolute atomic E-state index is 11.6. The first kappa shape index (κ1) is 14.3. The zero-order valence-corrected chi connectivity index (χ0v) is 12.7. The quantitative estimate of drug-likeness (QED) is 0.602. The Morgan fingerprint density at radius 1 is 1.21 bits per heavy atom. The first-order valence-corrected chi connectivity index (χ1v) is 8.32. The first-order valence-electron chi connectivity index (χ1n) is 6.23. The Labute approximate surface area is 121 Å². The molecule has 100 valence electrons. The zero-order valence-electron chi connectivity index (χ0n) is 11.1. The lowest BCUT2D eigenvalue weighted by Gasteiger charge is -2.04. The summed E-state index contributed by atoms with van der Waals surface area (Å²) < 4.78 is 15.7. The van der Waals surface area contributed by atoms with Crippen molar-refractivity contribution in [3.8, 4) is 10.4 Å². The average molecular weight is 291 g/mol. The molecule has 0 spiro atoms. The second kappa shape index (κ2) is 6.89. The monoisotopic (exact) mass is 291 g/mol. The first-order chi connectivity index (χ1) is 9.15. The van der Waals surface area contributed by atoms with Crippen molar-refractivity contribution in [1.29, 1.82) is 0 Å². The third kappa shape index (κ3) is 4.49. The van der Waals surface area contributed by atoms with E-state index in [1.54, 1.807) is 17.6 Å². The summed E-state index contributed by atoms with van der Waals surface area (Å²) in [6.45, 7) is 4.10. The van der Waals surface area contributed by atoms with Gasteiger partial charge >= 0.3 is 0 Å². The molecule has 0 aliphatic carbocycles. The normalized spacial score (nSPS) is 13.3. The van der Waals surface area contributed by atoms with E-state index in [2.05, 4.69) is 22.6 Å². The molecule has 0 aliphatic rings. The highest BCUT2D eigenvalue weighted by atomic mass is 32.2. The van der Waals surface area contributed by atoms with Gasteiger partial charge in [0.05, 0.1) is 22.5 Å². The summed E-state index contributed by atoms with van der Waals surface area (Å²) in [6, 6.07) is 14.3. The number of benzene rings is 1. The molecule has 1 aromatic heterocycles. The van der Waals surface area contributed by atoms with E-state index in [0.29, 0.717) is 11.7 Å². The van der Waals surface area contributed by atoms with Gasteiger partial charge in [-0.15, -0.1) is 11.3 Å². The van der Waals surface area contributed by atoms with Crippen LogP contribution in [-0.4, -0.2) is 16.5 Å². The van der Waals surface area contributed by atoms with Crippen molar-refractivity contribution in [2.24, 2.45) is 10.3 Å². The van der Waals surface area contributed by atoms with Gasteiger partial charge in [-0.2, -0.15) is 0 Å². The lowest BCUT2D eigenvalue weighted by molar-refractivity contribution is 0.583. The molecule has 19 heavy (non-hydrogen) atoms. The molecule has 0 aliphatic heterocycles. The number of thiophene rings is 1. The Bertz CT molecular complexity index is 534. The maximum atomic E-state index is 11.6. The van der Waals surface area contributed by atoms with Crippen molar-refractivity contribution in [1.82, 2.24) is 0 Å². The van der Waals surface area contributed by atoms with Gasteiger partial charge in [0.15, 0.2) is 0 Å². The van der Waals surface area contributed by atoms with E-state index < -0.39 is 11.4 Å².